The van der Waals surface area contributed by atoms with Crippen LogP contribution in [0.15, 0.2) is 57.6 Å². The standard InChI is InChI=1S/C26H33N3O8.C20H24N4O6/c1-15-22(16(2)37-29-15)24(33)28-20(25(34)35-6)11-10-19(30)14-27-23(32)18-9-7-8-17(12-18)13-21(31)36-26(3,4)5;1-11-17(12(2)30-24-11)19(27)23-16(20(28)29-3)8-7-15(25)10-22-18(26)13-5-4-6-14(21)9-13/h7-9,12,20H,10-11,13-14H2,1-6H3,(H,27,32)(H,28,33);4-6,9,16H,7-8,10,21H2,1-3H3,(H,22,26)(H,23,27)/t20-;16-/m00/s1. The number of nitrogen functional groups attached to an aromatic ring is 1. The van der Waals surface area contributed by atoms with E-state index in [9.17, 15) is 43.2 Å². The first-order valence-corrected chi connectivity index (χ1v) is 20.9. The van der Waals surface area contributed by atoms with Crippen molar-refractivity contribution in [2.75, 3.05) is 33.0 Å². The molecule has 0 bridgehead atoms. The van der Waals surface area contributed by atoms with E-state index >= 15 is 0 Å². The zero-order valence-electron chi connectivity index (χ0n) is 38.9. The van der Waals surface area contributed by atoms with Crippen molar-refractivity contribution >= 4 is 58.8 Å². The lowest BCUT2D eigenvalue weighted by Crippen LogP contribution is -2.42. The summed E-state index contributed by atoms with van der Waals surface area (Å²) in [6.07, 6.45) is -0.165. The lowest BCUT2D eigenvalue weighted by molar-refractivity contribution is -0.154. The van der Waals surface area contributed by atoms with Crippen molar-refractivity contribution in [3.05, 3.63) is 99.3 Å². The Hall–Kier alpha value is -7.71. The lowest BCUT2D eigenvalue weighted by Gasteiger charge is -2.19. The van der Waals surface area contributed by atoms with Gasteiger partial charge < -0.3 is 50.3 Å². The number of carbonyl (C=O) groups is 9. The maximum absolute atomic E-state index is 12.6. The van der Waals surface area contributed by atoms with Gasteiger partial charge >= 0.3 is 17.9 Å². The second-order valence-electron chi connectivity index (χ2n) is 16.1. The molecular formula is C46H57N7O14. The summed E-state index contributed by atoms with van der Waals surface area (Å²) in [5, 5.41) is 17.5. The monoisotopic (exact) mass is 931 g/mol. The summed E-state index contributed by atoms with van der Waals surface area (Å²) in [4.78, 5) is 110. The zero-order valence-corrected chi connectivity index (χ0v) is 38.9. The molecule has 360 valence electrons. The predicted molar refractivity (Wildman–Crippen MR) is 238 cm³/mol. The highest BCUT2D eigenvalue weighted by Crippen LogP contribution is 2.16. The number of esters is 3. The fourth-order valence-electron chi connectivity index (χ4n) is 6.25. The maximum Gasteiger partial charge on any atom is 0.328 e. The van der Waals surface area contributed by atoms with E-state index in [-0.39, 0.29) is 73.5 Å². The van der Waals surface area contributed by atoms with Crippen LogP contribution in [0.4, 0.5) is 5.69 Å². The van der Waals surface area contributed by atoms with Crippen LogP contribution in [0.2, 0.25) is 0 Å². The quantitative estimate of drug-likeness (QED) is 0.0483. The Morgan fingerprint density at radius 1 is 0.642 bits per heavy atom. The van der Waals surface area contributed by atoms with Crippen LogP contribution in [0.1, 0.15) is 116 Å². The summed E-state index contributed by atoms with van der Waals surface area (Å²) in [5.74, 6) is -3.91. The highest BCUT2D eigenvalue weighted by molar-refractivity contribution is 6.00. The van der Waals surface area contributed by atoms with Gasteiger partial charge in [-0.3, -0.25) is 33.6 Å². The van der Waals surface area contributed by atoms with Gasteiger partial charge in [0.15, 0.2) is 11.6 Å². The molecule has 4 rings (SSSR count). The van der Waals surface area contributed by atoms with Crippen molar-refractivity contribution in [1.29, 1.82) is 0 Å². The topological polar surface area (TPSA) is 308 Å². The van der Waals surface area contributed by atoms with Crippen molar-refractivity contribution in [2.24, 2.45) is 0 Å². The summed E-state index contributed by atoms with van der Waals surface area (Å²) >= 11 is 0. The van der Waals surface area contributed by atoms with Crippen LogP contribution in [-0.2, 0) is 44.6 Å². The largest absolute Gasteiger partial charge is 0.467 e. The second kappa shape index (κ2) is 25.1. The van der Waals surface area contributed by atoms with Gasteiger partial charge in [-0.2, -0.15) is 0 Å². The number of nitrogens with two attached hydrogens (primary N) is 1. The number of Topliss-reactive ketones (excluding diaryl/α,β-unsaturated/α-hetero) is 2. The van der Waals surface area contributed by atoms with Crippen molar-refractivity contribution in [3.63, 3.8) is 0 Å². The molecule has 4 aromatic rings. The average molecular weight is 932 g/mol. The number of ether oxygens (including phenoxy) is 3. The molecule has 0 unspecified atom stereocenters. The molecule has 2 aromatic heterocycles. The number of aryl methyl sites for hydroxylation is 4. The first kappa shape index (κ1) is 53.6. The maximum atomic E-state index is 12.6. The van der Waals surface area contributed by atoms with Gasteiger partial charge in [0.25, 0.3) is 23.6 Å². The molecule has 4 amide bonds. The third-order valence-electron chi connectivity index (χ3n) is 9.53. The summed E-state index contributed by atoms with van der Waals surface area (Å²) in [7, 11) is 2.36. The number of rotatable bonds is 20. The van der Waals surface area contributed by atoms with E-state index in [1.807, 2.05) is 0 Å². The number of nitrogens with zero attached hydrogens (tertiary/aromatic N) is 2. The number of aromatic nitrogens is 2. The number of hydrogen-bond donors (Lipinski definition) is 5. The molecule has 0 radical (unpaired) electrons. The SMILES string of the molecule is COC(=O)[C@H](CCC(=O)CNC(=O)c1cccc(CC(=O)OC(C)(C)C)c1)NC(=O)c1c(C)noc1C.COC(=O)[C@H](CCC(=O)CNC(=O)c1cccc(N)c1)NC(=O)c1c(C)noc1C. The molecule has 21 heteroatoms. The van der Waals surface area contributed by atoms with E-state index in [2.05, 4.69) is 31.6 Å². The number of carbonyl (C=O) groups excluding carboxylic acids is 9. The molecule has 0 saturated heterocycles. The Morgan fingerprint density at radius 2 is 1.07 bits per heavy atom. The van der Waals surface area contributed by atoms with Gasteiger partial charge in [0.05, 0.1) is 45.1 Å². The van der Waals surface area contributed by atoms with Crippen LogP contribution in [0.25, 0.3) is 0 Å². The molecular weight excluding hydrogens is 875 g/mol. The Bertz CT molecular complexity index is 2410. The molecule has 67 heavy (non-hydrogen) atoms. The van der Waals surface area contributed by atoms with E-state index in [1.165, 1.54) is 20.3 Å². The highest BCUT2D eigenvalue weighted by atomic mass is 16.6. The van der Waals surface area contributed by atoms with Gasteiger partial charge in [-0.25, -0.2) is 9.59 Å². The predicted octanol–water partition coefficient (Wildman–Crippen LogP) is 3.15. The fourth-order valence-corrected chi connectivity index (χ4v) is 6.25. The summed E-state index contributed by atoms with van der Waals surface area (Å²) in [5.41, 5.74) is 7.86. The minimum atomic E-state index is -1.07. The second-order valence-corrected chi connectivity index (χ2v) is 16.1. The van der Waals surface area contributed by atoms with Crippen molar-refractivity contribution < 1.29 is 66.4 Å². The number of amides is 4. The van der Waals surface area contributed by atoms with Crippen molar-refractivity contribution in [2.45, 2.75) is 98.3 Å². The number of nitrogens with one attached hydrogen (secondary N) is 4. The van der Waals surface area contributed by atoms with E-state index in [0.29, 0.717) is 39.7 Å². The third kappa shape index (κ3) is 17.3. The molecule has 2 atom stereocenters. The van der Waals surface area contributed by atoms with Gasteiger partial charge in [-0.1, -0.05) is 28.5 Å². The summed E-state index contributed by atoms with van der Waals surface area (Å²) < 4.78 is 24.7. The third-order valence-corrected chi connectivity index (χ3v) is 9.53. The van der Waals surface area contributed by atoms with Crippen LogP contribution in [0.3, 0.4) is 0 Å². The van der Waals surface area contributed by atoms with E-state index in [1.54, 1.807) is 90.9 Å². The van der Waals surface area contributed by atoms with Gasteiger partial charge in [0.2, 0.25) is 0 Å². The van der Waals surface area contributed by atoms with E-state index in [4.69, 9.17) is 29.0 Å². The van der Waals surface area contributed by atoms with Gasteiger partial charge in [-0.05, 0) is 97.2 Å². The summed E-state index contributed by atoms with van der Waals surface area (Å²) in [6, 6.07) is 10.7. The molecule has 0 saturated carbocycles. The number of hydrogen-bond acceptors (Lipinski definition) is 17. The van der Waals surface area contributed by atoms with Crippen LogP contribution < -0.4 is 27.0 Å². The highest BCUT2D eigenvalue weighted by Gasteiger charge is 2.28. The number of benzene rings is 2. The van der Waals surface area contributed by atoms with Crippen LogP contribution in [-0.4, -0.2) is 108 Å². The van der Waals surface area contributed by atoms with Crippen LogP contribution in [0.5, 0.6) is 0 Å². The lowest BCUT2D eigenvalue weighted by atomic mass is 10.1. The Kier molecular flexibility index (Phi) is 20.1. The number of methoxy groups -OCH3 is 2. The van der Waals surface area contributed by atoms with Crippen LogP contribution >= 0.6 is 0 Å². The summed E-state index contributed by atoms with van der Waals surface area (Å²) in [6.45, 7) is 11.2. The van der Waals surface area contributed by atoms with Crippen LogP contribution in [0, 0.1) is 27.7 Å². The molecule has 0 aliphatic heterocycles. The molecule has 0 aliphatic carbocycles. The number of anilines is 1. The van der Waals surface area contributed by atoms with Crippen molar-refractivity contribution in [1.82, 2.24) is 31.6 Å². The van der Waals surface area contributed by atoms with Gasteiger partial charge in [0.1, 0.15) is 40.3 Å². The van der Waals surface area contributed by atoms with E-state index < -0.39 is 59.2 Å². The minimum Gasteiger partial charge on any atom is -0.467 e. The Labute approximate surface area is 386 Å². The zero-order chi connectivity index (χ0) is 50.0. The van der Waals surface area contributed by atoms with Crippen molar-refractivity contribution in [3.8, 4) is 0 Å². The first-order valence-electron chi connectivity index (χ1n) is 20.9. The first-order chi connectivity index (χ1) is 31.5. The minimum absolute atomic E-state index is 0.00584. The number of ketones is 2. The van der Waals surface area contributed by atoms with Gasteiger partial charge in [-0.15, -0.1) is 0 Å². The van der Waals surface area contributed by atoms with E-state index in [0.717, 1.165) is 0 Å². The Balaban J connectivity index is 0.000000363. The molecule has 2 heterocycles. The molecule has 0 fully saturated rings. The normalized spacial score (nSPS) is 11.7. The molecule has 2 aromatic carbocycles. The fraction of sp³-hybridized carbons (Fsp3) is 0.413. The van der Waals surface area contributed by atoms with Gasteiger partial charge in [0, 0.05) is 29.7 Å². The average Bonchev–Trinajstić information content (AvgIpc) is 3.80. The molecule has 21 nitrogen and oxygen atoms in total. The molecule has 0 aliphatic rings. The molecule has 6 N–H and O–H groups in total. The molecule has 0 spiro atoms. The Morgan fingerprint density at radius 3 is 1.46 bits per heavy atom. The smallest absolute Gasteiger partial charge is 0.328 e.